The smallest absolute Gasteiger partial charge is 0.227 e. The molecule has 0 bridgehead atoms. The Kier molecular flexibility index (Phi) is 5.10. The van der Waals surface area contributed by atoms with Gasteiger partial charge in [-0.15, -0.1) is 0 Å². The number of ether oxygens (including phenoxy) is 2. The highest BCUT2D eigenvalue weighted by molar-refractivity contribution is 6.31. The molecular weight excluding hydrogens is 388 g/mol. The van der Waals surface area contributed by atoms with E-state index >= 15 is 0 Å². The van der Waals surface area contributed by atoms with Gasteiger partial charge in [0, 0.05) is 30.2 Å². The highest BCUT2D eigenvalue weighted by Crippen LogP contribution is 2.33. The van der Waals surface area contributed by atoms with Gasteiger partial charge in [0.15, 0.2) is 5.58 Å². The predicted molar refractivity (Wildman–Crippen MR) is 115 cm³/mol. The van der Waals surface area contributed by atoms with Crippen molar-refractivity contribution >= 4 is 33.5 Å². The molecule has 5 nitrogen and oxygen atoms in total. The number of hydrogen-bond acceptors (Lipinski definition) is 5. The molecule has 1 saturated heterocycles. The zero-order valence-electron chi connectivity index (χ0n) is 15.9. The minimum absolute atomic E-state index is 0.592. The largest absolute Gasteiger partial charge is 0.492 e. The molecule has 0 spiro atoms. The van der Waals surface area contributed by atoms with Crippen molar-refractivity contribution < 1.29 is 13.9 Å². The number of benzene rings is 3. The Balaban J connectivity index is 1.38. The van der Waals surface area contributed by atoms with Crippen molar-refractivity contribution in [3.05, 3.63) is 59.6 Å². The predicted octanol–water partition coefficient (Wildman–Crippen LogP) is 5.01. The Bertz CT molecular complexity index is 1150. The third kappa shape index (κ3) is 3.94. The fourth-order valence-electron chi connectivity index (χ4n) is 3.67. The second-order valence-corrected chi connectivity index (χ2v) is 7.56. The summed E-state index contributed by atoms with van der Waals surface area (Å²) in [5.74, 6) is 1.46. The van der Waals surface area contributed by atoms with Crippen molar-refractivity contribution in [3.8, 4) is 17.2 Å². The maximum atomic E-state index is 6.07. The van der Waals surface area contributed by atoms with Crippen LogP contribution in [0.25, 0.3) is 33.3 Å². The van der Waals surface area contributed by atoms with Crippen molar-refractivity contribution in [1.29, 1.82) is 0 Å². The van der Waals surface area contributed by atoms with Crippen LogP contribution in [0.3, 0.4) is 0 Å². The summed E-state index contributed by atoms with van der Waals surface area (Å²) in [5.41, 5.74) is 2.44. The van der Waals surface area contributed by atoms with Crippen LogP contribution in [0.2, 0.25) is 5.02 Å². The van der Waals surface area contributed by atoms with Gasteiger partial charge in [-0.2, -0.15) is 0 Å². The second-order valence-electron chi connectivity index (χ2n) is 7.12. The summed E-state index contributed by atoms with van der Waals surface area (Å²) in [7, 11) is 0. The lowest BCUT2D eigenvalue weighted by Gasteiger charge is -2.26. The molecule has 1 aromatic heterocycles. The van der Waals surface area contributed by atoms with Crippen LogP contribution >= 0.6 is 11.6 Å². The van der Waals surface area contributed by atoms with Gasteiger partial charge >= 0.3 is 0 Å². The van der Waals surface area contributed by atoms with E-state index < -0.39 is 0 Å². The normalized spacial score (nSPS) is 15.2. The molecule has 4 aromatic rings. The second kappa shape index (κ2) is 8.03. The van der Waals surface area contributed by atoms with E-state index in [0.717, 1.165) is 66.0 Å². The monoisotopic (exact) mass is 408 g/mol. The molecule has 1 fully saturated rings. The average molecular weight is 409 g/mol. The number of morpholine rings is 1. The lowest BCUT2D eigenvalue weighted by atomic mass is 10.0. The highest BCUT2D eigenvalue weighted by Gasteiger charge is 2.13. The molecule has 5 rings (SSSR count). The molecule has 0 aliphatic carbocycles. The molecule has 1 aliphatic rings. The van der Waals surface area contributed by atoms with Gasteiger partial charge in [-0.25, -0.2) is 4.98 Å². The molecule has 0 amide bonds. The van der Waals surface area contributed by atoms with Crippen LogP contribution in [0.1, 0.15) is 0 Å². The number of halogens is 1. The van der Waals surface area contributed by atoms with Crippen molar-refractivity contribution in [1.82, 2.24) is 9.88 Å². The zero-order valence-corrected chi connectivity index (χ0v) is 16.7. The Morgan fingerprint density at radius 3 is 2.83 bits per heavy atom. The van der Waals surface area contributed by atoms with Crippen molar-refractivity contribution in [2.75, 3.05) is 39.5 Å². The summed E-state index contributed by atoms with van der Waals surface area (Å²) in [5, 5.41) is 2.81. The number of nitrogens with zero attached hydrogens (tertiary/aromatic N) is 2. The summed E-state index contributed by atoms with van der Waals surface area (Å²) >= 11 is 6.07. The number of aromatic nitrogens is 1. The molecule has 3 aromatic carbocycles. The van der Waals surface area contributed by atoms with Crippen molar-refractivity contribution in [3.63, 3.8) is 0 Å². The van der Waals surface area contributed by atoms with Gasteiger partial charge in [0.2, 0.25) is 5.89 Å². The van der Waals surface area contributed by atoms with Gasteiger partial charge in [0.1, 0.15) is 17.9 Å². The Morgan fingerprint density at radius 2 is 1.93 bits per heavy atom. The van der Waals surface area contributed by atoms with E-state index in [4.69, 9.17) is 25.5 Å². The topological polar surface area (TPSA) is 47.7 Å². The molecule has 1 aliphatic heterocycles. The van der Waals surface area contributed by atoms with E-state index in [-0.39, 0.29) is 0 Å². The molecule has 148 valence electrons. The summed E-state index contributed by atoms with van der Waals surface area (Å²) < 4.78 is 17.3. The lowest BCUT2D eigenvalue weighted by molar-refractivity contribution is 0.0322. The summed E-state index contributed by atoms with van der Waals surface area (Å²) in [6.45, 7) is 5.13. The molecule has 6 heteroatoms. The number of hydrogen-bond donors (Lipinski definition) is 0. The van der Waals surface area contributed by atoms with Crippen LogP contribution in [0, 0.1) is 0 Å². The van der Waals surface area contributed by atoms with Gasteiger partial charge in [-0.1, -0.05) is 23.7 Å². The van der Waals surface area contributed by atoms with Crippen molar-refractivity contribution in [2.45, 2.75) is 0 Å². The highest BCUT2D eigenvalue weighted by atomic mass is 35.5. The molecule has 29 heavy (non-hydrogen) atoms. The Hall–Kier alpha value is -2.60. The molecule has 2 heterocycles. The molecule has 0 saturated carbocycles. The maximum Gasteiger partial charge on any atom is 0.227 e. The van der Waals surface area contributed by atoms with Crippen LogP contribution in [0.15, 0.2) is 59.0 Å². The maximum absolute atomic E-state index is 6.07. The first-order valence-electron chi connectivity index (χ1n) is 9.78. The molecule has 0 atom stereocenters. The fraction of sp³-hybridized carbons (Fsp3) is 0.261. The molecule has 0 N–H and O–H groups in total. The Morgan fingerprint density at radius 1 is 1.03 bits per heavy atom. The van der Waals surface area contributed by atoms with E-state index in [0.29, 0.717) is 17.5 Å². The number of rotatable bonds is 5. The van der Waals surface area contributed by atoms with E-state index in [1.165, 1.54) is 0 Å². The first-order chi connectivity index (χ1) is 14.3. The minimum Gasteiger partial charge on any atom is -0.492 e. The van der Waals surface area contributed by atoms with Crippen molar-refractivity contribution in [2.24, 2.45) is 0 Å². The van der Waals surface area contributed by atoms with E-state index in [1.54, 1.807) is 0 Å². The first kappa shape index (κ1) is 18.4. The lowest BCUT2D eigenvalue weighted by Crippen LogP contribution is -2.38. The van der Waals surface area contributed by atoms with Crippen LogP contribution in [0.4, 0.5) is 0 Å². The summed E-state index contributed by atoms with van der Waals surface area (Å²) in [6, 6.07) is 17.7. The summed E-state index contributed by atoms with van der Waals surface area (Å²) in [4.78, 5) is 6.98. The number of fused-ring (bicyclic) bond motifs is 2. The third-order valence-corrected chi connectivity index (χ3v) is 5.45. The Labute approximate surface area is 173 Å². The van der Waals surface area contributed by atoms with Crippen LogP contribution in [-0.2, 0) is 4.74 Å². The minimum atomic E-state index is 0.592. The molecular formula is C23H21ClN2O3. The van der Waals surface area contributed by atoms with Crippen LogP contribution < -0.4 is 4.74 Å². The first-order valence-corrected chi connectivity index (χ1v) is 10.2. The molecule has 0 unspecified atom stereocenters. The van der Waals surface area contributed by atoms with Gasteiger partial charge < -0.3 is 13.9 Å². The standard InChI is InChI=1S/C23H21ClN2O3/c24-17-4-7-22-21(15-17)25-23(29-22)20-3-1-2-16-14-18(5-6-19(16)20)28-13-10-26-8-11-27-12-9-26/h1-7,14-15H,8-13H2. The van der Waals surface area contributed by atoms with E-state index in [9.17, 15) is 0 Å². The van der Waals surface area contributed by atoms with Crippen LogP contribution in [0.5, 0.6) is 5.75 Å². The molecule has 0 radical (unpaired) electrons. The van der Waals surface area contributed by atoms with E-state index in [2.05, 4.69) is 28.1 Å². The van der Waals surface area contributed by atoms with E-state index in [1.807, 2.05) is 36.4 Å². The van der Waals surface area contributed by atoms with Gasteiger partial charge in [-0.3, -0.25) is 4.90 Å². The summed E-state index contributed by atoms with van der Waals surface area (Å²) in [6.07, 6.45) is 0. The van der Waals surface area contributed by atoms with Crippen LogP contribution in [-0.4, -0.2) is 49.3 Å². The third-order valence-electron chi connectivity index (χ3n) is 5.21. The van der Waals surface area contributed by atoms with Gasteiger partial charge in [0.05, 0.1) is 13.2 Å². The SMILES string of the molecule is Clc1ccc2oc(-c3cccc4cc(OCCN5CCOCC5)ccc34)nc2c1. The average Bonchev–Trinajstić information content (AvgIpc) is 3.17. The fourth-order valence-corrected chi connectivity index (χ4v) is 3.84. The quantitative estimate of drug-likeness (QED) is 0.464. The van der Waals surface area contributed by atoms with Gasteiger partial charge in [-0.05, 0) is 53.2 Å². The number of oxazole rings is 1. The van der Waals surface area contributed by atoms with Gasteiger partial charge in [0.25, 0.3) is 0 Å². The zero-order chi connectivity index (χ0) is 19.6.